The Balaban J connectivity index is 2.54. The number of nitrogens with two attached hydrogens (primary N) is 1. The molecule has 2 aromatic rings. The summed E-state index contributed by atoms with van der Waals surface area (Å²) in [5.41, 5.74) is 8.70. The molecule has 0 atom stereocenters. The summed E-state index contributed by atoms with van der Waals surface area (Å²) in [5, 5.41) is 0. The smallest absolute Gasteiger partial charge is 0.146 e. The molecule has 0 unspecified atom stereocenters. The summed E-state index contributed by atoms with van der Waals surface area (Å²) >= 11 is 0. The second kappa shape index (κ2) is 4.18. The summed E-state index contributed by atoms with van der Waals surface area (Å²) in [5.74, 6) is 0.708. The minimum atomic E-state index is 0.679. The highest BCUT2D eigenvalue weighted by atomic mass is 16.5. The molecule has 2 rings (SSSR count). The van der Waals surface area contributed by atoms with Crippen molar-refractivity contribution in [3.63, 3.8) is 0 Å². The number of nitrogen functional groups attached to an aromatic ring is 1. The zero-order valence-corrected chi connectivity index (χ0v) is 9.27. The van der Waals surface area contributed by atoms with E-state index in [2.05, 4.69) is 9.97 Å². The monoisotopic (exact) mass is 215 g/mol. The highest BCUT2D eigenvalue weighted by Gasteiger charge is 2.08. The average Bonchev–Trinajstić information content (AvgIpc) is 2.32. The average molecular weight is 215 g/mol. The second-order valence-corrected chi connectivity index (χ2v) is 3.43. The number of hydrogen-bond donors (Lipinski definition) is 1. The Bertz CT molecular complexity index is 511. The van der Waals surface area contributed by atoms with Gasteiger partial charge in [-0.15, -0.1) is 0 Å². The molecule has 4 heteroatoms. The first-order valence-electron chi connectivity index (χ1n) is 4.95. The van der Waals surface area contributed by atoms with Crippen LogP contribution in [0.2, 0.25) is 0 Å². The molecule has 0 amide bonds. The number of aryl methyl sites for hydroxylation is 1. The van der Waals surface area contributed by atoms with Gasteiger partial charge in [-0.1, -0.05) is 0 Å². The van der Waals surface area contributed by atoms with E-state index in [-0.39, 0.29) is 0 Å². The molecule has 0 bridgehead atoms. The third kappa shape index (κ3) is 1.82. The lowest BCUT2D eigenvalue weighted by Crippen LogP contribution is -1.97. The number of hydrogen-bond acceptors (Lipinski definition) is 4. The fourth-order valence-corrected chi connectivity index (χ4v) is 1.45. The van der Waals surface area contributed by atoms with Crippen LogP contribution in [0.3, 0.4) is 0 Å². The predicted molar refractivity (Wildman–Crippen MR) is 63.2 cm³/mol. The lowest BCUT2D eigenvalue weighted by molar-refractivity contribution is 0.414. The number of pyridine rings is 2. The quantitative estimate of drug-likeness (QED) is 0.832. The lowest BCUT2D eigenvalue weighted by Gasteiger charge is -2.07. The number of anilines is 1. The number of methoxy groups -OCH3 is 1. The van der Waals surface area contributed by atoms with Gasteiger partial charge in [0.05, 0.1) is 24.2 Å². The first kappa shape index (κ1) is 10.4. The van der Waals surface area contributed by atoms with E-state index in [1.807, 2.05) is 31.2 Å². The van der Waals surface area contributed by atoms with Gasteiger partial charge in [0.1, 0.15) is 11.4 Å². The van der Waals surface area contributed by atoms with E-state index in [1.54, 1.807) is 13.3 Å². The largest absolute Gasteiger partial charge is 0.494 e. The van der Waals surface area contributed by atoms with E-state index in [1.165, 1.54) is 0 Å². The van der Waals surface area contributed by atoms with E-state index in [4.69, 9.17) is 10.5 Å². The van der Waals surface area contributed by atoms with Gasteiger partial charge in [-0.2, -0.15) is 0 Å². The molecule has 0 radical (unpaired) electrons. The van der Waals surface area contributed by atoms with Gasteiger partial charge < -0.3 is 10.5 Å². The van der Waals surface area contributed by atoms with Crippen molar-refractivity contribution in [2.45, 2.75) is 6.92 Å². The van der Waals surface area contributed by atoms with Crippen LogP contribution < -0.4 is 10.5 Å². The molecule has 16 heavy (non-hydrogen) atoms. The van der Waals surface area contributed by atoms with Crippen LogP contribution in [-0.2, 0) is 0 Å². The van der Waals surface area contributed by atoms with Crippen molar-refractivity contribution in [3.8, 4) is 17.1 Å². The van der Waals surface area contributed by atoms with E-state index < -0.39 is 0 Å². The van der Waals surface area contributed by atoms with Crippen molar-refractivity contribution in [1.82, 2.24) is 9.97 Å². The molecule has 4 nitrogen and oxygen atoms in total. The normalized spacial score (nSPS) is 10.1. The Kier molecular flexibility index (Phi) is 2.72. The van der Waals surface area contributed by atoms with Crippen LogP contribution in [-0.4, -0.2) is 17.1 Å². The summed E-state index contributed by atoms with van der Waals surface area (Å²) < 4.78 is 5.24. The van der Waals surface area contributed by atoms with Gasteiger partial charge >= 0.3 is 0 Å². The first-order chi connectivity index (χ1) is 7.72. The minimum Gasteiger partial charge on any atom is -0.494 e. The van der Waals surface area contributed by atoms with Crippen LogP contribution in [0.1, 0.15) is 5.69 Å². The van der Waals surface area contributed by atoms with E-state index in [0.29, 0.717) is 11.4 Å². The first-order valence-corrected chi connectivity index (χ1v) is 4.95. The van der Waals surface area contributed by atoms with Crippen LogP contribution in [0.15, 0.2) is 30.5 Å². The maximum atomic E-state index is 5.72. The molecule has 2 heterocycles. The van der Waals surface area contributed by atoms with Crippen LogP contribution in [0.4, 0.5) is 5.69 Å². The number of ether oxygens (including phenoxy) is 1. The summed E-state index contributed by atoms with van der Waals surface area (Å²) in [7, 11) is 1.62. The summed E-state index contributed by atoms with van der Waals surface area (Å²) in [4.78, 5) is 8.65. The fourth-order valence-electron chi connectivity index (χ4n) is 1.45. The van der Waals surface area contributed by atoms with Crippen molar-refractivity contribution < 1.29 is 4.74 Å². The Morgan fingerprint density at radius 3 is 2.75 bits per heavy atom. The summed E-state index contributed by atoms with van der Waals surface area (Å²) in [6, 6.07) is 7.35. The van der Waals surface area contributed by atoms with Gasteiger partial charge in [0.2, 0.25) is 0 Å². The van der Waals surface area contributed by atoms with Crippen LogP contribution >= 0.6 is 0 Å². The Morgan fingerprint density at radius 2 is 2.06 bits per heavy atom. The highest BCUT2D eigenvalue weighted by Crippen LogP contribution is 2.26. The molecule has 0 aliphatic rings. The zero-order chi connectivity index (χ0) is 11.5. The third-order valence-electron chi connectivity index (χ3n) is 2.36. The van der Waals surface area contributed by atoms with Gasteiger partial charge in [-0.05, 0) is 31.2 Å². The van der Waals surface area contributed by atoms with Gasteiger partial charge in [0.25, 0.3) is 0 Å². The Labute approximate surface area is 94.1 Å². The van der Waals surface area contributed by atoms with E-state index in [0.717, 1.165) is 17.1 Å². The molecule has 0 aliphatic heterocycles. The molecule has 0 spiro atoms. The number of rotatable bonds is 2. The van der Waals surface area contributed by atoms with E-state index in [9.17, 15) is 0 Å². The van der Waals surface area contributed by atoms with Crippen LogP contribution in [0, 0.1) is 6.92 Å². The van der Waals surface area contributed by atoms with Gasteiger partial charge in [0.15, 0.2) is 0 Å². The topological polar surface area (TPSA) is 61.0 Å². The fraction of sp³-hybridized carbons (Fsp3) is 0.167. The van der Waals surface area contributed by atoms with Crippen molar-refractivity contribution in [2.24, 2.45) is 0 Å². The predicted octanol–water partition coefficient (Wildman–Crippen LogP) is 2.04. The highest BCUT2D eigenvalue weighted by molar-refractivity contribution is 5.64. The molecule has 0 fully saturated rings. The van der Waals surface area contributed by atoms with Gasteiger partial charge in [-0.3, -0.25) is 4.98 Å². The third-order valence-corrected chi connectivity index (χ3v) is 2.36. The van der Waals surface area contributed by atoms with Gasteiger partial charge in [-0.25, -0.2) is 4.98 Å². The molecular weight excluding hydrogens is 202 g/mol. The zero-order valence-electron chi connectivity index (χ0n) is 9.27. The Hall–Kier alpha value is -2.10. The van der Waals surface area contributed by atoms with Crippen LogP contribution in [0.5, 0.6) is 5.75 Å². The lowest BCUT2D eigenvalue weighted by atomic mass is 10.2. The SMILES string of the molecule is COc1cccnc1-c1ccc(N)c(C)n1. The molecule has 0 saturated heterocycles. The molecule has 82 valence electrons. The standard InChI is InChI=1S/C12H13N3O/c1-8-9(13)5-6-10(15-8)12-11(16-2)4-3-7-14-12/h3-7H,13H2,1-2H3. The molecule has 2 aromatic heterocycles. The summed E-state index contributed by atoms with van der Waals surface area (Å²) in [6.45, 7) is 1.87. The van der Waals surface area contributed by atoms with Crippen molar-refractivity contribution in [2.75, 3.05) is 12.8 Å². The van der Waals surface area contributed by atoms with E-state index >= 15 is 0 Å². The van der Waals surface area contributed by atoms with Gasteiger partial charge in [0, 0.05) is 6.20 Å². The molecular formula is C12H13N3O. The number of aromatic nitrogens is 2. The Morgan fingerprint density at radius 1 is 1.25 bits per heavy atom. The molecule has 0 saturated carbocycles. The number of nitrogens with zero attached hydrogens (tertiary/aromatic N) is 2. The minimum absolute atomic E-state index is 0.679. The van der Waals surface area contributed by atoms with Crippen molar-refractivity contribution in [3.05, 3.63) is 36.2 Å². The second-order valence-electron chi connectivity index (χ2n) is 3.43. The van der Waals surface area contributed by atoms with Crippen molar-refractivity contribution >= 4 is 5.69 Å². The van der Waals surface area contributed by atoms with Crippen molar-refractivity contribution in [1.29, 1.82) is 0 Å². The molecule has 2 N–H and O–H groups in total. The maximum absolute atomic E-state index is 5.72. The molecule has 0 aromatic carbocycles. The maximum Gasteiger partial charge on any atom is 0.146 e. The molecule has 0 aliphatic carbocycles. The van der Waals surface area contributed by atoms with Crippen LogP contribution in [0.25, 0.3) is 11.4 Å². The summed E-state index contributed by atoms with van der Waals surface area (Å²) in [6.07, 6.45) is 1.71.